The van der Waals surface area contributed by atoms with Crippen molar-refractivity contribution in [2.24, 2.45) is 0 Å². The minimum absolute atomic E-state index is 0.0149. The molecule has 1 saturated heterocycles. The molecule has 6 unspecified atom stereocenters. The summed E-state index contributed by atoms with van der Waals surface area (Å²) in [5.41, 5.74) is 0. The number of hydrogen-bond acceptors (Lipinski definition) is 11. The van der Waals surface area contributed by atoms with Crippen LogP contribution in [-0.4, -0.2) is 97.5 Å². The number of unbranched alkanes of at least 4 members (excludes halogenated alkanes) is 17. The van der Waals surface area contributed by atoms with Gasteiger partial charge in [-0.05, 0) is 96.3 Å². The van der Waals surface area contributed by atoms with Crippen LogP contribution in [0.15, 0.2) is 97.2 Å². The third kappa shape index (κ3) is 39.6. The van der Waals surface area contributed by atoms with Crippen molar-refractivity contribution in [3.05, 3.63) is 97.2 Å². The van der Waals surface area contributed by atoms with Crippen LogP contribution in [0.4, 0.5) is 0 Å². The molecule has 0 spiro atoms. The van der Waals surface area contributed by atoms with Gasteiger partial charge in [0.2, 0.25) is 0 Å². The molecule has 0 amide bonds. The Bertz CT molecular complexity index is 1580. The van der Waals surface area contributed by atoms with Crippen LogP contribution in [0.5, 0.6) is 0 Å². The predicted molar refractivity (Wildman–Crippen MR) is 285 cm³/mol. The fourth-order valence-electron chi connectivity index (χ4n) is 7.65. The SMILES string of the molecule is CC/C=C\C/C=C\C/C=C\C/C=C\C/C=C\C/C=C\CCCCCCCOCC(COC1OC(CO)C(O)C(OS(=O)(=O)O)C1O)OC(=O)CCCCCCCCCCC/C=C\C/C=C\CCCCC. The molecule has 13 heteroatoms. The third-order valence-electron chi connectivity index (χ3n) is 11.7. The predicted octanol–water partition coefficient (Wildman–Crippen LogP) is 13.0. The molecule has 1 fully saturated rings. The second-order valence-corrected chi connectivity index (χ2v) is 19.1. The molecule has 6 atom stereocenters. The number of esters is 1. The first-order chi connectivity index (χ1) is 34.1. The van der Waals surface area contributed by atoms with E-state index in [0.717, 1.165) is 109 Å². The van der Waals surface area contributed by atoms with Gasteiger partial charge in [0.25, 0.3) is 0 Å². The van der Waals surface area contributed by atoms with Crippen molar-refractivity contribution in [3.8, 4) is 0 Å². The maximum Gasteiger partial charge on any atom is 0.397 e. The Morgan fingerprint density at radius 2 is 0.986 bits per heavy atom. The van der Waals surface area contributed by atoms with Crippen LogP contribution in [0.2, 0.25) is 0 Å². The third-order valence-corrected chi connectivity index (χ3v) is 12.2. The number of carbonyl (C=O) groups is 1. The molecular formula is C57H96O12S. The van der Waals surface area contributed by atoms with E-state index in [1.165, 1.54) is 57.8 Å². The molecule has 1 aliphatic rings. The van der Waals surface area contributed by atoms with Crippen LogP contribution >= 0.6 is 0 Å². The minimum atomic E-state index is -5.08. The number of hydrogen-bond donors (Lipinski definition) is 4. The van der Waals surface area contributed by atoms with Crippen LogP contribution < -0.4 is 0 Å². The summed E-state index contributed by atoms with van der Waals surface area (Å²) in [5.74, 6) is -0.414. The lowest BCUT2D eigenvalue weighted by Gasteiger charge is -2.41. The lowest BCUT2D eigenvalue weighted by atomic mass is 9.99. The molecule has 0 bridgehead atoms. The summed E-state index contributed by atoms with van der Waals surface area (Å²) >= 11 is 0. The van der Waals surface area contributed by atoms with E-state index in [4.69, 9.17) is 18.9 Å². The average molecular weight is 1010 g/mol. The van der Waals surface area contributed by atoms with Crippen molar-refractivity contribution >= 4 is 16.4 Å². The van der Waals surface area contributed by atoms with Gasteiger partial charge in [-0.1, -0.05) is 188 Å². The second-order valence-electron chi connectivity index (χ2n) is 18.1. The van der Waals surface area contributed by atoms with E-state index in [1.54, 1.807) is 0 Å². The molecule has 402 valence electrons. The van der Waals surface area contributed by atoms with Gasteiger partial charge in [-0.15, -0.1) is 0 Å². The summed E-state index contributed by atoms with van der Waals surface area (Å²) in [5, 5.41) is 30.8. The number of carbonyl (C=O) groups excluding carboxylic acids is 1. The maximum absolute atomic E-state index is 12.9. The van der Waals surface area contributed by atoms with Crippen LogP contribution in [0, 0.1) is 0 Å². The zero-order valence-corrected chi connectivity index (χ0v) is 44.1. The van der Waals surface area contributed by atoms with Gasteiger partial charge in [0.15, 0.2) is 6.29 Å². The van der Waals surface area contributed by atoms with E-state index in [-0.39, 0.29) is 19.6 Å². The van der Waals surface area contributed by atoms with Gasteiger partial charge in [0.1, 0.15) is 30.5 Å². The number of aliphatic hydroxyl groups excluding tert-OH is 3. The first kappa shape index (κ1) is 65.0. The van der Waals surface area contributed by atoms with Crippen molar-refractivity contribution in [2.75, 3.05) is 26.4 Å². The zero-order chi connectivity index (χ0) is 51.0. The summed E-state index contributed by atoms with van der Waals surface area (Å²) in [7, 11) is -5.08. The van der Waals surface area contributed by atoms with Crippen molar-refractivity contribution in [1.82, 2.24) is 0 Å². The highest BCUT2D eigenvalue weighted by Crippen LogP contribution is 2.26. The Labute approximate surface area is 425 Å². The van der Waals surface area contributed by atoms with Gasteiger partial charge in [-0.25, -0.2) is 4.18 Å². The Morgan fingerprint density at radius 3 is 1.44 bits per heavy atom. The summed E-state index contributed by atoms with van der Waals surface area (Å²) < 4.78 is 59.3. The molecule has 0 aromatic carbocycles. The molecule has 12 nitrogen and oxygen atoms in total. The minimum Gasteiger partial charge on any atom is -0.457 e. The van der Waals surface area contributed by atoms with Crippen LogP contribution in [0.1, 0.15) is 194 Å². The normalized spacial score (nSPS) is 19.9. The fraction of sp³-hybridized carbons (Fsp3) is 0.702. The van der Waals surface area contributed by atoms with Crippen molar-refractivity contribution in [2.45, 2.75) is 230 Å². The van der Waals surface area contributed by atoms with Gasteiger partial charge in [0, 0.05) is 13.0 Å². The zero-order valence-electron chi connectivity index (χ0n) is 43.3. The summed E-state index contributed by atoms with van der Waals surface area (Å²) in [6, 6.07) is 0. The van der Waals surface area contributed by atoms with Gasteiger partial charge >= 0.3 is 16.4 Å². The first-order valence-corrected chi connectivity index (χ1v) is 28.4. The molecular weight excluding hydrogens is 909 g/mol. The molecule has 1 rings (SSSR count). The Kier molecular flexibility index (Phi) is 43.7. The van der Waals surface area contributed by atoms with Crippen molar-refractivity contribution < 1.29 is 56.2 Å². The molecule has 0 aromatic rings. The van der Waals surface area contributed by atoms with Gasteiger partial charge in [-0.3, -0.25) is 9.35 Å². The lowest BCUT2D eigenvalue weighted by Crippen LogP contribution is -2.60. The molecule has 0 radical (unpaired) electrons. The van der Waals surface area contributed by atoms with E-state index in [1.807, 2.05) is 0 Å². The van der Waals surface area contributed by atoms with Crippen molar-refractivity contribution in [1.29, 1.82) is 0 Å². The number of aliphatic hydroxyl groups is 3. The summed E-state index contributed by atoms with van der Waals surface area (Å²) in [6.07, 6.45) is 55.7. The van der Waals surface area contributed by atoms with E-state index in [9.17, 15) is 33.1 Å². The molecule has 0 aliphatic carbocycles. The standard InChI is InChI=1S/C57H96O12S/c1-3-5-7-9-11-13-15-17-19-21-23-24-25-26-27-29-31-33-35-37-39-41-43-45-47-65-49-51(50-66-57-55(61)56(69-70(62,63)64)54(60)52(48-58)68-57)67-53(59)46-44-42-40-38-36-34-32-30-28-22-20-18-16-14-12-10-8-6-4-2/h5,7,11-14,17-20,23-24,26-27,31,33,51-52,54-58,60-61H,3-4,6,8-10,15-16,21-22,25,28-30,32,34-50H2,1-2H3,(H,62,63,64)/b7-5-,13-11-,14-12-,19-17-,20-18-,24-23-,27-26-,33-31-. The molecule has 1 aliphatic heterocycles. The number of ether oxygens (including phenoxy) is 4. The molecule has 0 aromatic heterocycles. The van der Waals surface area contributed by atoms with E-state index in [2.05, 4.69) is 115 Å². The van der Waals surface area contributed by atoms with Crippen molar-refractivity contribution in [3.63, 3.8) is 0 Å². The van der Waals surface area contributed by atoms with Gasteiger partial charge in [0.05, 0.1) is 19.8 Å². The van der Waals surface area contributed by atoms with Gasteiger partial charge < -0.3 is 34.3 Å². The maximum atomic E-state index is 12.9. The smallest absolute Gasteiger partial charge is 0.397 e. The number of allylic oxidation sites excluding steroid dienone is 16. The monoisotopic (exact) mass is 1000 g/mol. The first-order valence-electron chi connectivity index (χ1n) is 27.0. The summed E-state index contributed by atoms with van der Waals surface area (Å²) in [6.45, 7) is 3.80. The average Bonchev–Trinajstić information content (AvgIpc) is 3.34. The summed E-state index contributed by atoms with van der Waals surface area (Å²) in [4.78, 5) is 12.9. The van der Waals surface area contributed by atoms with Crippen LogP contribution in [0.25, 0.3) is 0 Å². The quantitative estimate of drug-likeness (QED) is 0.0197. The van der Waals surface area contributed by atoms with Crippen LogP contribution in [0.3, 0.4) is 0 Å². The second kappa shape index (κ2) is 47.1. The lowest BCUT2D eigenvalue weighted by molar-refractivity contribution is -0.301. The Morgan fingerprint density at radius 1 is 0.557 bits per heavy atom. The highest BCUT2D eigenvalue weighted by Gasteiger charge is 2.48. The Balaban J connectivity index is 2.37. The van der Waals surface area contributed by atoms with Gasteiger partial charge in [-0.2, -0.15) is 8.42 Å². The highest BCUT2D eigenvalue weighted by molar-refractivity contribution is 7.80. The Hall–Kier alpha value is -2.98. The van der Waals surface area contributed by atoms with E-state index < -0.39 is 59.8 Å². The topological polar surface area (TPSA) is 178 Å². The highest BCUT2D eigenvalue weighted by atomic mass is 32.3. The number of rotatable bonds is 46. The van der Waals surface area contributed by atoms with E-state index in [0.29, 0.717) is 13.0 Å². The van der Waals surface area contributed by atoms with Crippen LogP contribution in [-0.2, 0) is 38.3 Å². The van der Waals surface area contributed by atoms with E-state index >= 15 is 0 Å². The molecule has 1 heterocycles. The molecule has 4 N–H and O–H groups in total. The fourth-order valence-corrected chi connectivity index (χ4v) is 8.16. The molecule has 0 saturated carbocycles. The molecule has 70 heavy (non-hydrogen) atoms. The largest absolute Gasteiger partial charge is 0.457 e.